The highest BCUT2D eigenvalue weighted by molar-refractivity contribution is 7.10. The molecule has 0 amide bonds. The van der Waals surface area contributed by atoms with E-state index in [-0.39, 0.29) is 0 Å². The van der Waals surface area contributed by atoms with E-state index in [4.69, 9.17) is 0 Å². The highest BCUT2D eigenvalue weighted by Gasteiger charge is 2.26. The maximum Gasteiger partial charge on any atom is 0.167 e. The molecule has 1 aliphatic carbocycles. The number of hydrogen-bond donors (Lipinski definition) is 0. The molecule has 13 heavy (non-hydrogen) atoms. The standard InChI is InChI=1S/C11H14OS/c1-2-3-8-4-5-10-9(11(8)12)6-7-13-10/h6-8H,2-5H2,1H3. The summed E-state index contributed by atoms with van der Waals surface area (Å²) in [5.41, 5.74) is 1.01. The van der Waals surface area contributed by atoms with Crippen LogP contribution < -0.4 is 0 Å². The molecule has 0 aromatic carbocycles. The largest absolute Gasteiger partial charge is 0.294 e. The van der Waals surface area contributed by atoms with Crippen molar-refractivity contribution >= 4 is 17.1 Å². The summed E-state index contributed by atoms with van der Waals surface area (Å²) in [5, 5.41) is 2.04. The number of ketones is 1. The van der Waals surface area contributed by atoms with Gasteiger partial charge in [0.1, 0.15) is 0 Å². The van der Waals surface area contributed by atoms with E-state index in [0.717, 1.165) is 31.2 Å². The minimum atomic E-state index is 0.312. The number of fused-ring (bicyclic) bond motifs is 1. The quantitative estimate of drug-likeness (QED) is 0.706. The van der Waals surface area contributed by atoms with Crippen molar-refractivity contribution in [3.63, 3.8) is 0 Å². The minimum absolute atomic E-state index is 0.312. The summed E-state index contributed by atoms with van der Waals surface area (Å²) in [7, 11) is 0. The molecule has 2 rings (SSSR count). The van der Waals surface area contributed by atoms with Crippen molar-refractivity contribution in [2.24, 2.45) is 5.92 Å². The molecule has 1 heterocycles. The highest BCUT2D eigenvalue weighted by atomic mass is 32.1. The zero-order valence-corrected chi connectivity index (χ0v) is 8.69. The second kappa shape index (κ2) is 3.62. The lowest BCUT2D eigenvalue weighted by Gasteiger charge is -2.19. The molecule has 1 unspecified atom stereocenters. The molecule has 0 N–H and O–H groups in total. The molecule has 1 atom stereocenters. The molecular weight excluding hydrogens is 180 g/mol. The Labute approximate surface area is 82.8 Å². The van der Waals surface area contributed by atoms with Crippen LogP contribution in [0.1, 0.15) is 41.4 Å². The first kappa shape index (κ1) is 8.95. The van der Waals surface area contributed by atoms with Crippen molar-refractivity contribution in [1.29, 1.82) is 0 Å². The number of Topliss-reactive ketones (excluding diaryl/α,β-unsaturated/α-hetero) is 1. The van der Waals surface area contributed by atoms with Crippen LogP contribution in [0.5, 0.6) is 0 Å². The number of aryl methyl sites for hydroxylation is 1. The summed E-state index contributed by atoms with van der Waals surface area (Å²) in [5.74, 6) is 0.705. The number of carbonyl (C=O) groups is 1. The van der Waals surface area contributed by atoms with E-state index in [1.54, 1.807) is 11.3 Å². The Morgan fingerprint density at radius 1 is 1.62 bits per heavy atom. The Balaban J connectivity index is 2.22. The third kappa shape index (κ3) is 1.55. The van der Waals surface area contributed by atoms with Crippen LogP contribution in [0.3, 0.4) is 0 Å². The van der Waals surface area contributed by atoms with Crippen LogP contribution in [0.4, 0.5) is 0 Å². The second-order valence-electron chi connectivity index (χ2n) is 3.65. The first-order valence-corrected chi connectivity index (χ1v) is 5.81. The predicted octanol–water partition coefficient (Wildman–Crippen LogP) is 3.29. The summed E-state index contributed by atoms with van der Waals surface area (Å²) in [4.78, 5) is 13.2. The normalized spacial score (nSPS) is 21.6. The van der Waals surface area contributed by atoms with Gasteiger partial charge in [-0.1, -0.05) is 13.3 Å². The second-order valence-corrected chi connectivity index (χ2v) is 4.65. The number of hydrogen-bond acceptors (Lipinski definition) is 2. The molecule has 0 saturated carbocycles. The van der Waals surface area contributed by atoms with Crippen LogP contribution in [-0.4, -0.2) is 5.78 Å². The molecule has 70 valence electrons. The van der Waals surface area contributed by atoms with Crippen LogP contribution in [0.15, 0.2) is 11.4 Å². The van der Waals surface area contributed by atoms with Crippen LogP contribution in [0.2, 0.25) is 0 Å². The summed E-state index contributed by atoms with van der Waals surface area (Å²) in [6.07, 6.45) is 4.37. The van der Waals surface area contributed by atoms with E-state index >= 15 is 0 Å². The van der Waals surface area contributed by atoms with Crippen LogP contribution >= 0.6 is 11.3 Å². The zero-order valence-electron chi connectivity index (χ0n) is 7.88. The van der Waals surface area contributed by atoms with Crippen LogP contribution in [0.25, 0.3) is 0 Å². The van der Waals surface area contributed by atoms with E-state index in [1.165, 1.54) is 4.88 Å². The van der Waals surface area contributed by atoms with Crippen molar-refractivity contribution in [1.82, 2.24) is 0 Å². The molecule has 0 spiro atoms. The maximum atomic E-state index is 11.9. The third-order valence-corrected chi connectivity index (χ3v) is 3.72. The lowest BCUT2D eigenvalue weighted by molar-refractivity contribution is 0.0895. The molecular formula is C11H14OS. The number of carbonyl (C=O) groups excluding carboxylic acids is 1. The SMILES string of the molecule is CCCC1CCc2sccc2C1=O. The molecule has 0 radical (unpaired) electrons. The minimum Gasteiger partial charge on any atom is -0.294 e. The molecule has 2 heteroatoms. The van der Waals surface area contributed by atoms with Gasteiger partial charge in [-0.15, -0.1) is 11.3 Å². The van der Waals surface area contributed by atoms with Crippen molar-refractivity contribution in [2.45, 2.75) is 32.6 Å². The first-order chi connectivity index (χ1) is 6.33. The lowest BCUT2D eigenvalue weighted by atomic mass is 9.84. The smallest absolute Gasteiger partial charge is 0.167 e. The van der Waals surface area contributed by atoms with Gasteiger partial charge in [0.2, 0.25) is 0 Å². The average Bonchev–Trinajstić information content (AvgIpc) is 2.58. The molecule has 0 bridgehead atoms. The summed E-state index contributed by atoms with van der Waals surface area (Å²) >= 11 is 1.73. The van der Waals surface area contributed by atoms with Gasteiger partial charge in [0.15, 0.2) is 5.78 Å². The van der Waals surface area contributed by atoms with E-state index in [1.807, 2.05) is 11.4 Å². The van der Waals surface area contributed by atoms with Gasteiger partial charge >= 0.3 is 0 Å². The zero-order chi connectivity index (χ0) is 9.26. The van der Waals surface area contributed by atoms with Crippen LogP contribution in [-0.2, 0) is 6.42 Å². The van der Waals surface area contributed by atoms with Gasteiger partial charge in [-0.25, -0.2) is 0 Å². The molecule has 1 aromatic heterocycles. The summed E-state index contributed by atoms with van der Waals surface area (Å²) < 4.78 is 0. The van der Waals surface area contributed by atoms with E-state index in [9.17, 15) is 4.79 Å². The van der Waals surface area contributed by atoms with E-state index < -0.39 is 0 Å². The molecule has 1 aliphatic rings. The summed E-state index contributed by atoms with van der Waals surface area (Å²) in [6.45, 7) is 2.15. The van der Waals surface area contributed by atoms with Gasteiger partial charge in [-0.3, -0.25) is 4.79 Å². The van der Waals surface area contributed by atoms with Gasteiger partial charge in [0.25, 0.3) is 0 Å². The van der Waals surface area contributed by atoms with E-state index in [2.05, 4.69) is 6.92 Å². The molecule has 1 nitrogen and oxygen atoms in total. The van der Waals surface area contributed by atoms with Crippen molar-refractivity contribution in [3.05, 3.63) is 21.9 Å². The monoisotopic (exact) mass is 194 g/mol. The topological polar surface area (TPSA) is 17.1 Å². The van der Waals surface area contributed by atoms with Crippen molar-refractivity contribution in [2.75, 3.05) is 0 Å². The van der Waals surface area contributed by atoms with Gasteiger partial charge < -0.3 is 0 Å². The number of rotatable bonds is 2. The molecule has 0 aliphatic heterocycles. The van der Waals surface area contributed by atoms with Crippen LogP contribution in [0, 0.1) is 5.92 Å². The molecule has 0 saturated heterocycles. The predicted molar refractivity (Wildman–Crippen MR) is 55.4 cm³/mol. The number of thiophene rings is 1. The first-order valence-electron chi connectivity index (χ1n) is 4.93. The van der Waals surface area contributed by atoms with Gasteiger partial charge in [0, 0.05) is 16.4 Å². The Kier molecular flexibility index (Phi) is 2.49. The van der Waals surface area contributed by atoms with E-state index in [0.29, 0.717) is 11.7 Å². The fraction of sp³-hybridized carbons (Fsp3) is 0.545. The van der Waals surface area contributed by atoms with Gasteiger partial charge in [0.05, 0.1) is 0 Å². The fourth-order valence-corrected chi connectivity index (χ4v) is 2.93. The lowest BCUT2D eigenvalue weighted by Crippen LogP contribution is -2.20. The Morgan fingerprint density at radius 2 is 2.46 bits per heavy atom. The third-order valence-electron chi connectivity index (χ3n) is 2.74. The summed E-state index contributed by atoms with van der Waals surface area (Å²) in [6, 6.07) is 1.99. The maximum absolute atomic E-state index is 11.9. The Bertz CT molecular complexity index is 314. The van der Waals surface area contributed by atoms with Crippen molar-refractivity contribution < 1.29 is 4.79 Å². The fourth-order valence-electron chi connectivity index (χ4n) is 2.03. The Morgan fingerprint density at radius 3 is 3.23 bits per heavy atom. The highest BCUT2D eigenvalue weighted by Crippen LogP contribution is 2.31. The molecule has 0 fully saturated rings. The van der Waals surface area contributed by atoms with Gasteiger partial charge in [-0.2, -0.15) is 0 Å². The molecule has 1 aromatic rings. The average molecular weight is 194 g/mol. The van der Waals surface area contributed by atoms with Gasteiger partial charge in [-0.05, 0) is 30.7 Å². The Hall–Kier alpha value is -0.630. The van der Waals surface area contributed by atoms with Crippen molar-refractivity contribution in [3.8, 4) is 0 Å².